The zero-order valence-electron chi connectivity index (χ0n) is 13.1. The summed E-state index contributed by atoms with van der Waals surface area (Å²) < 4.78 is 0. The van der Waals surface area contributed by atoms with Crippen LogP contribution in [0.5, 0.6) is 0 Å². The normalized spacial score (nSPS) is 21.3. The molecule has 0 bridgehead atoms. The number of nitrogens with zero attached hydrogens (tertiary/aromatic N) is 2. The summed E-state index contributed by atoms with van der Waals surface area (Å²) in [5.74, 6) is -0.0289. The Hall–Kier alpha value is -0.980. The van der Waals surface area contributed by atoms with Crippen LogP contribution in [0.15, 0.2) is 5.38 Å². The average Bonchev–Trinajstić information content (AvgIpc) is 3.20. The summed E-state index contributed by atoms with van der Waals surface area (Å²) in [5.41, 5.74) is 6.07. The summed E-state index contributed by atoms with van der Waals surface area (Å²) in [6.07, 6.45) is 8.36. The van der Waals surface area contributed by atoms with E-state index in [2.05, 4.69) is 15.2 Å². The van der Waals surface area contributed by atoms with Crippen LogP contribution in [0.25, 0.3) is 0 Å². The summed E-state index contributed by atoms with van der Waals surface area (Å²) in [7, 11) is 0. The molecule has 0 atom stereocenters. The van der Waals surface area contributed by atoms with Gasteiger partial charge in [0, 0.05) is 37.0 Å². The van der Waals surface area contributed by atoms with Crippen LogP contribution in [0.1, 0.15) is 54.0 Å². The van der Waals surface area contributed by atoms with Crippen molar-refractivity contribution in [1.29, 1.82) is 0 Å². The number of hydrogen-bond acceptors (Lipinski definition) is 5. The zero-order chi connectivity index (χ0) is 15.4. The van der Waals surface area contributed by atoms with Crippen LogP contribution < -0.4 is 11.1 Å². The lowest BCUT2D eigenvalue weighted by Gasteiger charge is -2.36. The van der Waals surface area contributed by atoms with Gasteiger partial charge in [0.1, 0.15) is 5.69 Å². The number of nitrogens with one attached hydrogen (secondary N) is 1. The first-order chi connectivity index (χ1) is 10.8. The van der Waals surface area contributed by atoms with Crippen LogP contribution in [-0.4, -0.2) is 47.5 Å². The summed E-state index contributed by atoms with van der Waals surface area (Å²) in [6, 6.07) is 1.10. The maximum absolute atomic E-state index is 12.3. The Morgan fingerprint density at radius 2 is 2.05 bits per heavy atom. The van der Waals surface area contributed by atoms with Gasteiger partial charge in [0.2, 0.25) is 0 Å². The molecule has 6 heteroatoms. The molecule has 0 aromatic carbocycles. The highest BCUT2D eigenvalue weighted by Crippen LogP contribution is 2.26. The van der Waals surface area contributed by atoms with Crippen molar-refractivity contribution in [1.82, 2.24) is 15.2 Å². The monoisotopic (exact) mass is 322 g/mol. The van der Waals surface area contributed by atoms with E-state index in [1.807, 2.05) is 5.38 Å². The summed E-state index contributed by atoms with van der Waals surface area (Å²) in [4.78, 5) is 19.2. The van der Waals surface area contributed by atoms with Gasteiger partial charge in [-0.3, -0.25) is 4.79 Å². The number of carbonyl (C=O) groups excluding carboxylic acids is 1. The number of hydrogen-bond donors (Lipinski definition) is 2. The third kappa shape index (κ3) is 3.86. The second-order valence-electron chi connectivity index (χ2n) is 6.39. The lowest BCUT2D eigenvalue weighted by molar-refractivity contribution is 0.0888. The lowest BCUT2D eigenvalue weighted by atomic mass is 10.0. The molecule has 0 spiro atoms. The van der Waals surface area contributed by atoms with Crippen molar-refractivity contribution < 1.29 is 4.79 Å². The zero-order valence-corrected chi connectivity index (χ0v) is 13.9. The van der Waals surface area contributed by atoms with E-state index in [1.54, 1.807) is 0 Å². The Bertz CT molecular complexity index is 490. The third-order valence-electron chi connectivity index (χ3n) is 4.85. The minimum Gasteiger partial charge on any atom is -0.348 e. The van der Waals surface area contributed by atoms with Crippen molar-refractivity contribution in [2.24, 2.45) is 5.73 Å². The molecule has 5 nitrogen and oxygen atoms in total. The van der Waals surface area contributed by atoms with E-state index in [4.69, 9.17) is 5.73 Å². The number of amides is 1. The Balaban J connectivity index is 1.46. The van der Waals surface area contributed by atoms with E-state index in [-0.39, 0.29) is 5.91 Å². The maximum Gasteiger partial charge on any atom is 0.270 e. The van der Waals surface area contributed by atoms with Gasteiger partial charge in [-0.05, 0) is 32.2 Å². The molecule has 1 aliphatic carbocycles. The smallest absolute Gasteiger partial charge is 0.270 e. The fourth-order valence-corrected chi connectivity index (χ4v) is 4.39. The molecular formula is C16H26N4OS. The maximum atomic E-state index is 12.3. The second-order valence-corrected chi connectivity index (χ2v) is 7.33. The molecule has 1 aromatic heterocycles. The van der Waals surface area contributed by atoms with E-state index < -0.39 is 0 Å². The van der Waals surface area contributed by atoms with Crippen LogP contribution in [0, 0.1) is 0 Å². The number of rotatable bonds is 5. The first kappa shape index (κ1) is 15.9. The lowest BCUT2D eigenvalue weighted by Crippen LogP contribution is -2.47. The minimum absolute atomic E-state index is 0.0289. The van der Waals surface area contributed by atoms with Gasteiger partial charge in [-0.2, -0.15) is 0 Å². The van der Waals surface area contributed by atoms with E-state index in [0.29, 0.717) is 18.3 Å². The van der Waals surface area contributed by atoms with Gasteiger partial charge < -0.3 is 16.0 Å². The molecule has 2 aliphatic rings. The minimum atomic E-state index is -0.0289. The molecule has 0 unspecified atom stereocenters. The molecule has 0 radical (unpaired) electrons. The van der Waals surface area contributed by atoms with Crippen molar-refractivity contribution in [3.05, 3.63) is 16.1 Å². The Labute approximate surface area is 136 Å². The first-order valence-electron chi connectivity index (χ1n) is 8.45. The SMILES string of the molecule is NCCc1nc(C(=O)NC2CCN(C3CCCC3)CC2)cs1. The Kier molecular flexibility index (Phi) is 5.44. The van der Waals surface area contributed by atoms with Gasteiger partial charge in [0.15, 0.2) is 0 Å². The molecule has 1 aromatic rings. The summed E-state index contributed by atoms with van der Waals surface area (Å²) in [5, 5.41) is 5.94. The molecule has 1 aliphatic heterocycles. The molecule has 3 rings (SSSR count). The molecule has 2 heterocycles. The van der Waals surface area contributed by atoms with Gasteiger partial charge in [0.25, 0.3) is 5.91 Å². The number of carbonyl (C=O) groups is 1. The topological polar surface area (TPSA) is 71.2 Å². The predicted octanol–water partition coefficient (Wildman–Crippen LogP) is 1.78. The largest absolute Gasteiger partial charge is 0.348 e. The van der Waals surface area contributed by atoms with Crippen LogP contribution in [0.4, 0.5) is 0 Å². The number of thiazole rings is 1. The summed E-state index contributed by atoms with van der Waals surface area (Å²) in [6.45, 7) is 2.81. The highest BCUT2D eigenvalue weighted by molar-refractivity contribution is 7.09. The second kappa shape index (κ2) is 7.53. The molecule has 3 N–H and O–H groups in total. The van der Waals surface area contributed by atoms with Gasteiger partial charge in [-0.15, -0.1) is 11.3 Å². The molecule has 1 saturated heterocycles. The molecule has 22 heavy (non-hydrogen) atoms. The Morgan fingerprint density at radius 3 is 2.73 bits per heavy atom. The van der Waals surface area contributed by atoms with Crippen molar-refractivity contribution in [2.75, 3.05) is 19.6 Å². The first-order valence-corrected chi connectivity index (χ1v) is 9.33. The van der Waals surface area contributed by atoms with E-state index in [9.17, 15) is 4.79 Å². The fraction of sp³-hybridized carbons (Fsp3) is 0.750. The highest BCUT2D eigenvalue weighted by Gasteiger charge is 2.28. The number of piperidine rings is 1. The van der Waals surface area contributed by atoms with Crippen LogP contribution in [-0.2, 0) is 6.42 Å². The van der Waals surface area contributed by atoms with E-state index >= 15 is 0 Å². The number of nitrogens with two attached hydrogens (primary N) is 1. The van der Waals surface area contributed by atoms with Gasteiger partial charge in [-0.25, -0.2) is 4.98 Å². The van der Waals surface area contributed by atoms with Crippen molar-refractivity contribution in [3.8, 4) is 0 Å². The van der Waals surface area contributed by atoms with Gasteiger partial charge in [-0.1, -0.05) is 12.8 Å². The highest BCUT2D eigenvalue weighted by atomic mass is 32.1. The quantitative estimate of drug-likeness (QED) is 0.867. The molecular weight excluding hydrogens is 296 g/mol. The van der Waals surface area contributed by atoms with Crippen LogP contribution in [0.2, 0.25) is 0 Å². The van der Waals surface area contributed by atoms with Crippen LogP contribution >= 0.6 is 11.3 Å². The molecule has 1 amide bonds. The van der Waals surface area contributed by atoms with E-state index in [1.165, 1.54) is 37.0 Å². The van der Waals surface area contributed by atoms with E-state index in [0.717, 1.165) is 43.4 Å². The summed E-state index contributed by atoms with van der Waals surface area (Å²) >= 11 is 1.52. The molecule has 1 saturated carbocycles. The number of aromatic nitrogens is 1. The van der Waals surface area contributed by atoms with Gasteiger partial charge in [0.05, 0.1) is 5.01 Å². The standard InChI is InChI=1S/C16H26N4OS/c17-8-5-15-19-14(11-22-15)16(21)18-12-6-9-20(10-7-12)13-3-1-2-4-13/h11-13H,1-10,17H2,(H,18,21). The van der Waals surface area contributed by atoms with Crippen LogP contribution in [0.3, 0.4) is 0 Å². The average molecular weight is 322 g/mol. The third-order valence-corrected chi connectivity index (χ3v) is 5.76. The van der Waals surface area contributed by atoms with Crippen molar-refractivity contribution in [3.63, 3.8) is 0 Å². The predicted molar refractivity (Wildman–Crippen MR) is 89.2 cm³/mol. The molecule has 122 valence electrons. The number of likely N-dealkylation sites (tertiary alicyclic amines) is 1. The molecule has 2 fully saturated rings. The van der Waals surface area contributed by atoms with Gasteiger partial charge >= 0.3 is 0 Å². The van der Waals surface area contributed by atoms with Crippen molar-refractivity contribution >= 4 is 17.2 Å². The fourth-order valence-electron chi connectivity index (χ4n) is 3.59. The van der Waals surface area contributed by atoms with Crippen molar-refractivity contribution in [2.45, 2.75) is 57.0 Å². The Morgan fingerprint density at radius 1 is 1.32 bits per heavy atom.